The number of aliphatic hydroxyl groups is 2. The molecule has 3 rings (SSSR count). The summed E-state index contributed by atoms with van der Waals surface area (Å²) in [6.07, 6.45) is -2.77. The van der Waals surface area contributed by atoms with Crippen molar-refractivity contribution in [2.24, 2.45) is 0 Å². The molecule has 6 nitrogen and oxygen atoms in total. The topological polar surface area (TPSA) is 79.5 Å². The molecule has 1 aliphatic rings. The first-order valence-electron chi connectivity index (χ1n) is 7.11. The quantitative estimate of drug-likeness (QED) is 0.659. The van der Waals surface area contributed by atoms with Crippen molar-refractivity contribution >= 4 is 56.1 Å². The number of fused-ring (bicyclic) bond motifs is 1. The second-order valence-corrected chi connectivity index (χ2v) is 7.32. The lowest BCUT2D eigenvalue weighted by molar-refractivity contribution is -0.0148. The lowest BCUT2D eigenvalue weighted by Gasteiger charge is -2.21. The predicted octanol–water partition coefficient (Wildman–Crippen LogP) is 3.18. The van der Waals surface area contributed by atoms with Gasteiger partial charge >= 0.3 is 0 Å². The van der Waals surface area contributed by atoms with Crippen molar-refractivity contribution in [3.63, 3.8) is 0 Å². The van der Waals surface area contributed by atoms with Crippen LogP contribution in [0.25, 0.3) is 11.0 Å². The van der Waals surface area contributed by atoms with Gasteiger partial charge in [-0.25, -0.2) is 4.98 Å². The number of ether oxygens (including phenoxy) is 1. The van der Waals surface area contributed by atoms with Crippen LogP contribution >= 0.6 is 39.1 Å². The average Bonchev–Trinajstić information content (AvgIpc) is 2.98. The van der Waals surface area contributed by atoms with Crippen LogP contribution in [0, 0.1) is 0 Å². The zero-order valence-corrected chi connectivity index (χ0v) is 15.5. The second-order valence-electron chi connectivity index (χ2n) is 5.74. The van der Waals surface area contributed by atoms with Gasteiger partial charge in [0.15, 0.2) is 6.23 Å². The Morgan fingerprint density at radius 3 is 2.70 bits per heavy atom. The molecule has 0 amide bonds. The van der Waals surface area contributed by atoms with E-state index in [2.05, 4.69) is 26.2 Å². The van der Waals surface area contributed by atoms with Gasteiger partial charge < -0.3 is 20.3 Å². The van der Waals surface area contributed by atoms with Crippen LogP contribution in [0.3, 0.4) is 0 Å². The highest BCUT2D eigenvalue weighted by molar-refractivity contribution is 9.10. The van der Waals surface area contributed by atoms with E-state index in [9.17, 15) is 10.2 Å². The lowest BCUT2D eigenvalue weighted by Crippen LogP contribution is -2.29. The minimum absolute atomic E-state index is 0.0507. The molecule has 1 aromatic carbocycles. The van der Waals surface area contributed by atoms with Gasteiger partial charge in [-0.3, -0.25) is 4.57 Å². The third-order valence-electron chi connectivity index (χ3n) is 3.62. The number of rotatable bonds is 3. The number of halogens is 3. The number of aromatic nitrogens is 2. The Morgan fingerprint density at radius 2 is 2.13 bits per heavy atom. The molecule has 1 saturated heterocycles. The Hall–Kier alpha value is -0.570. The largest absolute Gasteiger partial charge is 0.388 e. The first-order valence-corrected chi connectivity index (χ1v) is 8.65. The van der Waals surface area contributed by atoms with E-state index < -0.39 is 18.4 Å². The number of hydrogen-bond donors (Lipinski definition) is 3. The van der Waals surface area contributed by atoms with Crippen LogP contribution in [0.15, 0.2) is 10.5 Å². The molecule has 0 spiro atoms. The number of nitrogens with zero attached hydrogens (tertiary/aromatic N) is 2. The summed E-state index contributed by atoms with van der Waals surface area (Å²) < 4.78 is 7.82. The van der Waals surface area contributed by atoms with Crippen molar-refractivity contribution < 1.29 is 14.9 Å². The van der Waals surface area contributed by atoms with Crippen molar-refractivity contribution in [3.8, 4) is 0 Å². The van der Waals surface area contributed by atoms with Crippen molar-refractivity contribution in [2.75, 3.05) is 11.9 Å². The predicted molar refractivity (Wildman–Crippen MR) is 93.2 cm³/mol. The number of nitrogens with one attached hydrogen (secondary N) is 1. The Kier molecular flexibility index (Phi) is 4.79. The number of hydrogen-bond acceptors (Lipinski definition) is 5. The minimum Gasteiger partial charge on any atom is -0.388 e. The molecule has 1 aliphatic heterocycles. The molecule has 2 heterocycles. The first-order chi connectivity index (χ1) is 10.8. The zero-order chi connectivity index (χ0) is 16.9. The molecule has 126 valence electrons. The second kappa shape index (κ2) is 6.38. The van der Waals surface area contributed by atoms with E-state index in [1.807, 2.05) is 13.8 Å². The van der Waals surface area contributed by atoms with Crippen LogP contribution in [0.5, 0.6) is 0 Å². The summed E-state index contributed by atoms with van der Waals surface area (Å²) in [4.78, 5) is 4.55. The van der Waals surface area contributed by atoms with Crippen molar-refractivity contribution in [1.82, 2.24) is 9.55 Å². The van der Waals surface area contributed by atoms with Gasteiger partial charge in [-0.05, 0) is 35.8 Å². The summed E-state index contributed by atoms with van der Waals surface area (Å²) in [5.74, 6) is 0.507. The van der Waals surface area contributed by atoms with Crippen molar-refractivity contribution in [3.05, 3.63) is 20.6 Å². The maximum Gasteiger partial charge on any atom is 0.206 e. The van der Waals surface area contributed by atoms with Gasteiger partial charge in [-0.1, -0.05) is 23.2 Å². The standard InChI is InChI=1S/C14H16BrCl2N3O3/c1-5(2)18-14-19-11-7(3-6(16)10(17)9(11)15)20(14)13-12(22)8(21)4-23-13/h3,5,8,12-13,21-22H,4H2,1-2H3,(H,18,19)/t8-,12-,13?/m1/s1. The van der Waals surface area contributed by atoms with E-state index in [1.54, 1.807) is 10.6 Å². The molecule has 1 fully saturated rings. The van der Waals surface area contributed by atoms with Gasteiger partial charge in [0.2, 0.25) is 5.95 Å². The van der Waals surface area contributed by atoms with Gasteiger partial charge in [-0.2, -0.15) is 0 Å². The van der Waals surface area contributed by atoms with Gasteiger partial charge in [0.25, 0.3) is 0 Å². The summed E-state index contributed by atoms with van der Waals surface area (Å²) in [6, 6.07) is 1.78. The first kappa shape index (κ1) is 17.3. The number of imidazole rings is 1. The molecule has 0 radical (unpaired) electrons. The Morgan fingerprint density at radius 1 is 1.43 bits per heavy atom. The fourth-order valence-corrected chi connectivity index (χ4v) is 3.53. The normalized spacial score (nSPS) is 24.8. The molecule has 9 heteroatoms. The van der Waals surface area contributed by atoms with Crippen LogP contribution in [0.2, 0.25) is 10.0 Å². The average molecular weight is 425 g/mol. The fraction of sp³-hybridized carbons (Fsp3) is 0.500. The third-order valence-corrected chi connectivity index (χ3v) is 5.41. The molecule has 1 aromatic heterocycles. The maximum absolute atomic E-state index is 10.2. The minimum atomic E-state index is -1.06. The highest BCUT2D eigenvalue weighted by Crippen LogP contribution is 2.40. The van der Waals surface area contributed by atoms with Gasteiger partial charge in [0.1, 0.15) is 17.7 Å². The number of anilines is 1. The Balaban J connectivity index is 2.24. The molecule has 0 saturated carbocycles. The Labute approximate surface area is 151 Å². The van der Waals surface area contributed by atoms with Crippen LogP contribution < -0.4 is 5.32 Å². The smallest absolute Gasteiger partial charge is 0.206 e. The molecule has 3 N–H and O–H groups in total. The van der Waals surface area contributed by atoms with Gasteiger partial charge in [0.05, 0.1) is 26.6 Å². The lowest BCUT2D eigenvalue weighted by atomic mass is 10.2. The highest BCUT2D eigenvalue weighted by atomic mass is 79.9. The fourth-order valence-electron chi connectivity index (χ4n) is 2.57. The van der Waals surface area contributed by atoms with Crippen molar-refractivity contribution in [1.29, 1.82) is 0 Å². The molecular weight excluding hydrogens is 409 g/mol. The number of aliphatic hydroxyl groups excluding tert-OH is 2. The van der Waals surface area contributed by atoms with E-state index in [1.165, 1.54) is 0 Å². The highest BCUT2D eigenvalue weighted by Gasteiger charge is 2.38. The number of benzene rings is 1. The van der Waals surface area contributed by atoms with Gasteiger partial charge in [-0.15, -0.1) is 0 Å². The summed E-state index contributed by atoms with van der Waals surface area (Å²) >= 11 is 15.8. The maximum atomic E-state index is 10.2. The molecule has 1 unspecified atom stereocenters. The van der Waals surface area contributed by atoms with Crippen LogP contribution in [-0.4, -0.2) is 44.6 Å². The summed E-state index contributed by atoms with van der Waals surface area (Å²) in [5.41, 5.74) is 1.24. The summed E-state index contributed by atoms with van der Waals surface area (Å²) in [5, 5.41) is 23.9. The molecule has 2 aromatic rings. The molecule has 0 bridgehead atoms. The van der Waals surface area contributed by atoms with E-state index in [-0.39, 0.29) is 12.6 Å². The van der Waals surface area contributed by atoms with Crippen LogP contribution in [-0.2, 0) is 4.74 Å². The molecule has 0 aliphatic carbocycles. The Bertz CT molecular complexity index is 753. The van der Waals surface area contributed by atoms with E-state index in [4.69, 9.17) is 27.9 Å². The van der Waals surface area contributed by atoms with Gasteiger partial charge in [0, 0.05) is 6.04 Å². The van der Waals surface area contributed by atoms with E-state index >= 15 is 0 Å². The summed E-state index contributed by atoms with van der Waals surface area (Å²) in [7, 11) is 0. The summed E-state index contributed by atoms with van der Waals surface area (Å²) in [6.45, 7) is 3.99. The SMILES string of the molecule is CC(C)Nc1nc2c(Br)c(Cl)c(Cl)cc2n1C1OC[C@@H](O)[C@H]1O. The third kappa shape index (κ3) is 2.94. The molecule has 23 heavy (non-hydrogen) atoms. The zero-order valence-electron chi connectivity index (χ0n) is 12.4. The van der Waals surface area contributed by atoms with E-state index in [0.717, 1.165) is 0 Å². The van der Waals surface area contributed by atoms with E-state index in [0.29, 0.717) is 31.5 Å². The van der Waals surface area contributed by atoms with Crippen LogP contribution in [0.1, 0.15) is 20.1 Å². The molecule has 3 atom stereocenters. The van der Waals surface area contributed by atoms with Crippen LogP contribution in [0.4, 0.5) is 5.95 Å². The molecular formula is C14H16BrCl2N3O3. The van der Waals surface area contributed by atoms with Crippen molar-refractivity contribution in [2.45, 2.75) is 38.3 Å². The monoisotopic (exact) mass is 423 g/mol.